The molecule has 0 radical (unpaired) electrons. The highest BCUT2D eigenvalue weighted by molar-refractivity contribution is 5.73. The Morgan fingerprint density at radius 3 is 2.64 bits per heavy atom. The van der Waals surface area contributed by atoms with E-state index in [1.165, 1.54) is 32.1 Å². The molecule has 2 fully saturated rings. The number of carbonyl (C=O) groups is 1. The number of hydrogen-bond acceptors (Lipinski definition) is 1. The molecule has 1 spiro atoms. The van der Waals surface area contributed by atoms with Crippen LogP contribution in [0.2, 0.25) is 0 Å². The Kier molecular flexibility index (Phi) is 1.44. The van der Waals surface area contributed by atoms with Crippen molar-refractivity contribution in [1.29, 1.82) is 0 Å². The molecule has 0 aliphatic heterocycles. The smallest absolute Gasteiger partial charge is 0.217 e. The van der Waals surface area contributed by atoms with Crippen LogP contribution in [0.25, 0.3) is 0 Å². The topological polar surface area (TPSA) is 29.1 Å². The van der Waals surface area contributed by atoms with Crippen LogP contribution in [0.3, 0.4) is 0 Å². The molecular formula is C9H15NO. The van der Waals surface area contributed by atoms with Crippen LogP contribution in [-0.4, -0.2) is 11.9 Å². The van der Waals surface area contributed by atoms with Crippen molar-refractivity contribution < 1.29 is 4.79 Å². The molecule has 1 unspecified atom stereocenters. The van der Waals surface area contributed by atoms with Crippen LogP contribution in [-0.2, 0) is 4.79 Å². The van der Waals surface area contributed by atoms with Gasteiger partial charge in [0, 0.05) is 13.0 Å². The number of rotatable bonds is 1. The zero-order valence-electron chi connectivity index (χ0n) is 7.02. The summed E-state index contributed by atoms with van der Waals surface area (Å²) in [5, 5.41) is 3.01. The van der Waals surface area contributed by atoms with Crippen molar-refractivity contribution in [2.75, 3.05) is 0 Å². The van der Waals surface area contributed by atoms with Gasteiger partial charge in [-0.1, -0.05) is 12.8 Å². The van der Waals surface area contributed by atoms with Crippen LogP contribution >= 0.6 is 0 Å². The Bertz CT molecular complexity index is 182. The van der Waals surface area contributed by atoms with Gasteiger partial charge in [0.2, 0.25) is 5.91 Å². The Hall–Kier alpha value is -0.530. The molecule has 1 N–H and O–H groups in total. The first-order chi connectivity index (χ1) is 5.23. The Balaban J connectivity index is 1.88. The molecule has 2 aliphatic carbocycles. The molecule has 2 rings (SSSR count). The maximum atomic E-state index is 10.7. The van der Waals surface area contributed by atoms with Crippen LogP contribution in [0.15, 0.2) is 0 Å². The highest BCUT2D eigenvalue weighted by atomic mass is 16.1. The third-order valence-electron chi connectivity index (χ3n) is 3.17. The summed E-state index contributed by atoms with van der Waals surface area (Å²) >= 11 is 0. The Morgan fingerprint density at radius 1 is 1.45 bits per heavy atom. The molecule has 0 aromatic carbocycles. The highest BCUT2D eigenvalue weighted by Crippen LogP contribution is 2.57. The lowest BCUT2D eigenvalue weighted by Crippen LogP contribution is -2.26. The number of carbonyl (C=O) groups excluding carboxylic acids is 1. The second-order valence-corrected chi connectivity index (χ2v) is 4.03. The van der Waals surface area contributed by atoms with E-state index in [1.54, 1.807) is 6.92 Å². The average molecular weight is 153 g/mol. The van der Waals surface area contributed by atoms with Gasteiger partial charge < -0.3 is 5.32 Å². The molecule has 0 aromatic heterocycles. The van der Waals surface area contributed by atoms with Crippen LogP contribution in [0, 0.1) is 5.41 Å². The minimum absolute atomic E-state index is 0.138. The first kappa shape index (κ1) is 7.14. The van der Waals surface area contributed by atoms with Crippen molar-refractivity contribution in [2.24, 2.45) is 5.41 Å². The van der Waals surface area contributed by atoms with Gasteiger partial charge in [-0.05, 0) is 24.7 Å². The highest BCUT2D eigenvalue weighted by Gasteiger charge is 2.55. The average Bonchev–Trinajstić information content (AvgIpc) is 2.43. The summed E-state index contributed by atoms with van der Waals surface area (Å²) in [6, 6.07) is 0.530. The van der Waals surface area contributed by atoms with Crippen molar-refractivity contribution in [3.8, 4) is 0 Å². The lowest BCUT2D eigenvalue weighted by Gasteiger charge is -2.07. The Labute approximate surface area is 67.4 Å². The molecule has 1 amide bonds. The van der Waals surface area contributed by atoms with E-state index in [0.717, 1.165) is 0 Å². The molecule has 2 heteroatoms. The van der Waals surface area contributed by atoms with Crippen LogP contribution in [0.5, 0.6) is 0 Å². The number of nitrogens with one attached hydrogen (secondary N) is 1. The van der Waals surface area contributed by atoms with Gasteiger partial charge in [-0.3, -0.25) is 4.79 Å². The number of amides is 1. The fourth-order valence-electron chi connectivity index (χ4n) is 2.43. The summed E-state index contributed by atoms with van der Waals surface area (Å²) in [5.41, 5.74) is 0.561. The first-order valence-electron chi connectivity index (χ1n) is 4.50. The van der Waals surface area contributed by atoms with Gasteiger partial charge in [0.15, 0.2) is 0 Å². The predicted molar refractivity (Wildman–Crippen MR) is 43.1 cm³/mol. The Morgan fingerprint density at radius 2 is 2.09 bits per heavy atom. The minimum Gasteiger partial charge on any atom is -0.353 e. The molecule has 0 aromatic rings. The molecule has 62 valence electrons. The summed E-state index contributed by atoms with van der Waals surface area (Å²) < 4.78 is 0. The van der Waals surface area contributed by atoms with E-state index in [9.17, 15) is 4.79 Å². The number of hydrogen-bond donors (Lipinski definition) is 1. The van der Waals surface area contributed by atoms with Crippen LogP contribution < -0.4 is 5.32 Å². The maximum absolute atomic E-state index is 10.7. The molecule has 2 saturated carbocycles. The van der Waals surface area contributed by atoms with Crippen LogP contribution in [0.4, 0.5) is 0 Å². The molecule has 2 aliphatic rings. The quantitative estimate of drug-likeness (QED) is 0.607. The van der Waals surface area contributed by atoms with Gasteiger partial charge in [0.25, 0.3) is 0 Å². The van der Waals surface area contributed by atoms with Crippen molar-refractivity contribution in [3.05, 3.63) is 0 Å². The van der Waals surface area contributed by atoms with Gasteiger partial charge in [0.1, 0.15) is 0 Å². The van der Waals surface area contributed by atoms with E-state index in [0.29, 0.717) is 11.5 Å². The summed E-state index contributed by atoms with van der Waals surface area (Å²) in [6.45, 7) is 1.61. The third-order valence-corrected chi connectivity index (χ3v) is 3.17. The largest absolute Gasteiger partial charge is 0.353 e. The lowest BCUT2D eigenvalue weighted by molar-refractivity contribution is -0.119. The zero-order valence-corrected chi connectivity index (χ0v) is 7.02. The third kappa shape index (κ3) is 1.15. The van der Waals surface area contributed by atoms with Gasteiger partial charge in [-0.2, -0.15) is 0 Å². The SMILES string of the molecule is CC(=O)NC1CC12CCCC2. The second-order valence-electron chi connectivity index (χ2n) is 4.03. The monoisotopic (exact) mass is 153 g/mol. The van der Waals surface area contributed by atoms with E-state index in [1.807, 2.05) is 0 Å². The standard InChI is InChI=1S/C9H15NO/c1-7(11)10-8-6-9(8)4-2-3-5-9/h8H,2-6H2,1H3,(H,10,11). The van der Waals surface area contributed by atoms with E-state index in [2.05, 4.69) is 5.32 Å². The van der Waals surface area contributed by atoms with Gasteiger partial charge in [0.05, 0.1) is 0 Å². The molecule has 1 atom stereocenters. The van der Waals surface area contributed by atoms with Crippen molar-refractivity contribution in [1.82, 2.24) is 5.32 Å². The van der Waals surface area contributed by atoms with E-state index >= 15 is 0 Å². The maximum Gasteiger partial charge on any atom is 0.217 e. The lowest BCUT2D eigenvalue weighted by atomic mass is 10.1. The fourth-order valence-corrected chi connectivity index (χ4v) is 2.43. The predicted octanol–water partition coefficient (Wildman–Crippen LogP) is 1.46. The van der Waals surface area contributed by atoms with E-state index in [-0.39, 0.29) is 5.91 Å². The summed E-state index contributed by atoms with van der Waals surface area (Å²) in [6.07, 6.45) is 6.68. The summed E-state index contributed by atoms with van der Waals surface area (Å²) in [5.74, 6) is 0.138. The van der Waals surface area contributed by atoms with Crippen LogP contribution in [0.1, 0.15) is 39.0 Å². The van der Waals surface area contributed by atoms with Crippen molar-refractivity contribution >= 4 is 5.91 Å². The van der Waals surface area contributed by atoms with E-state index < -0.39 is 0 Å². The molecule has 0 saturated heterocycles. The normalized spacial score (nSPS) is 32.3. The molecule has 11 heavy (non-hydrogen) atoms. The first-order valence-corrected chi connectivity index (χ1v) is 4.50. The van der Waals surface area contributed by atoms with Crippen molar-refractivity contribution in [3.63, 3.8) is 0 Å². The van der Waals surface area contributed by atoms with Gasteiger partial charge >= 0.3 is 0 Å². The molecule has 0 heterocycles. The summed E-state index contributed by atoms with van der Waals surface area (Å²) in [4.78, 5) is 10.7. The molecule has 0 bridgehead atoms. The zero-order chi connectivity index (χ0) is 7.90. The fraction of sp³-hybridized carbons (Fsp3) is 0.889. The summed E-state index contributed by atoms with van der Waals surface area (Å²) in [7, 11) is 0. The molecular weight excluding hydrogens is 138 g/mol. The van der Waals surface area contributed by atoms with Gasteiger partial charge in [-0.25, -0.2) is 0 Å². The minimum atomic E-state index is 0.138. The van der Waals surface area contributed by atoms with Crippen molar-refractivity contribution in [2.45, 2.75) is 45.1 Å². The molecule has 2 nitrogen and oxygen atoms in total. The van der Waals surface area contributed by atoms with Gasteiger partial charge in [-0.15, -0.1) is 0 Å². The second kappa shape index (κ2) is 2.23. The van der Waals surface area contributed by atoms with E-state index in [4.69, 9.17) is 0 Å².